The van der Waals surface area contributed by atoms with E-state index in [2.05, 4.69) is 10.6 Å². The van der Waals surface area contributed by atoms with Crippen LogP contribution >= 0.6 is 12.2 Å². The molecule has 1 amide bonds. The topological polar surface area (TPSA) is 61.4 Å². The van der Waals surface area contributed by atoms with Crippen LogP contribution in [0.1, 0.15) is 17.3 Å². The fourth-order valence-corrected chi connectivity index (χ4v) is 1.85. The highest BCUT2D eigenvalue weighted by Gasteiger charge is 2.24. The Kier molecular flexibility index (Phi) is 3.57. The Morgan fingerprint density at radius 2 is 2.11 bits per heavy atom. The van der Waals surface area contributed by atoms with E-state index in [0.29, 0.717) is 17.3 Å². The van der Waals surface area contributed by atoms with Gasteiger partial charge < -0.3 is 10.6 Å². The van der Waals surface area contributed by atoms with Crippen molar-refractivity contribution in [2.24, 2.45) is 0 Å². The Morgan fingerprint density at radius 1 is 1.44 bits per heavy atom. The maximum Gasteiger partial charge on any atom is 0.249 e. The number of amides is 1. The maximum atomic E-state index is 11.4. The van der Waals surface area contributed by atoms with Crippen LogP contribution in [-0.4, -0.2) is 34.9 Å². The van der Waals surface area contributed by atoms with Gasteiger partial charge in [0.2, 0.25) is 5.91 Å². The minimum Gasteiger partial charge on any atom is -0.367 e. The predicted octanol–water partition coefficient (Wildman–Crippen LogP) is 0.975. The molecule has 2 rings (SSSR count). The lowest BCUT2D eigenvalue weighted by atomic mass is 10.1. The van der Waals surface area contributed by atoms with Gasteiger partial charge in [-0.15, -0.1) is 0 Å². The van der Waals surface area contributed by atoms with Gasteiger partial charge in [0.15, 0.2) is 10.9 Å². The number of benzene rings is 1. The van der Waals surface area contributed by atoms with Crippen molar-refractivity contribution >= 4 is 34.7 Å². The van der Waals surface area contributed by atoms with Crippen molar-refractivity contribution in [3.8, 4) is 0 Å². The van der Waals surface area contributed by atoms with E-state index in [0.717, 1.165) is 5.69 Å². The molecular formula is C12H13N3O2S. The minimum atomic E-state index is -0.0483. The molecule has 1 aliphatic rings. The zero-order chi connectivity index (χ0) is 13.1. The molecule has 0 saturated carbocycles. The molecule has 1 fully saturated rings. The summed E-state index contributed by atoms with van der Waals surface area (Å²) in [5, 5.41) is 6.32. The van der Waals surface area contributed by atoms with Gasteiger partial charge in [-0.05, 0) is 43.4 Å². The zero-order valence-corrected chi connectivity index (χ0v) is 10.7. The van der Waals surface area contributed by atoms with Crippen LogP contribution in [0.5, 0.6) is 0 Å². The van der Waals surface area contributed by atoms with E-state index in [1.165, 1.54) is 11.8 Å². The standard InChI is InChI=1S/C12H13N3O2S/c1-8(16)9-2-4-10(5-3-9)14-7-15-11(17)6-13-12(15)18/h2-5,14H,6-7H2,1H3,(H,13,18). The monoisotopic (exact) mass is 263 g/mol. The first-order valence-corrected chi connectivity index (χ1v) is 5.92. The SMILES string of the molecule is CC(=O)c1ccc(NCN2C(=O)CNC2=S)cc1. The second-order valence-corrected chi connectivity index (χ2v) is 4.34. The first-order chi connectivity index (χ1) is 8.58. The van der Waals surface area contributed by atoms with Crippen LogP contribution in [0.3, 0.4) is 0 Å². The van der Waals surface area contributed by atoms with Crippen LogP contribution in [0, 0.1) is 0 Å². The lowest BCUT2D eigenvalue weighted by Crippen LogP contribution is -2.35. The van der Waals surface area contributed by atoms with Crippen LogP contribution in [-0.2, 0) is 4.79 Å². The molecule has 18 heavy (non-hydrogen) atoms. The number of nitrogens with one attached hydrogen (secondary N) is 2. The van der Waals surface area contributed by atoms with Crippen LogP contribution in [0.4, 0.5) is 5.69 Å². The van der Waals surface area contributed by atoms with E-state index in [1.807, 2.05) is 0 Å². The van der Waals surface area contributed by atoms with E-state index < -0.39 is 0 Å². The number of hydrogen-bond donors (Lipinski definition) is 2. The van der Waals surface area contributed by atoms with Gasteiger partial charge in [-0.3, -0.25) is 14.5 Å². The Balaban J connectivity index is 1.96. The number of anilines is 1. The molecule has 0 bridgehead atoms. The molecule has 1 aliphatic heterocycles. The van der Waals surface area contributed by atoms with E-state index in [9.17, 15) is 9.59 Å². The van der Waals surface area contributed by atoms with Crippen LogP contribution in [0.2, 0.25) is 0 Å². The fourth-order valence-electron chi connectivity index (χ4n) is 1.61. The number of ketones is 1. The molecule has 0 unspecified atom stereocenters. The molecule has 2 N–H and O–H groups in total. The van der Waals surface area contributed by atoms with Gasteiger partial charge in [-0.1, -0.05) is 0 Å². The summed E-state index contributed by atoms with van der Waals surface area (Å²) in [6.07, 6.45) is 0. The van der Waals surface area contributed by atoms with Crippen molar-refractivity contribution in [3.63, 3.8) is 0 Å². The summed E-state index contributed by atoms with van der Waals surface area (Å²) < 4.78 is 0. The summed E-state index contributed by atoms with van der Waals surface area (Å²) >= 11 is 5.00. The largest absolute Gasteiger partial charge is 0.367 e. The molecular weight excluding hydrogens is 250 g/mol. The maximum absolute atomic E-state index is 11.4. The molecule has 0 atom stereocenters. The summed E-state index contributed by atoms with van der Waals surface area (Å²) in [6, 6.07) is 7.08. The molecule has 0 aromatic heterocycles. The number of carbonyl (C=O) groups is 2. The summed E-state index contributed by atoms with van der Waals surface area (Å²) in [5.41, 5.74) is 1.50. The molecule has 1 aromatic rings. The highest BCUT2D eigenvalue weighted by Crippen LogP contribution is 2.10. The van der Waals surface area contributed by atoms with E-state index in [1.54, 1.807) is 24.3 Å². The molecule has 1 aromatic carbocycles. The van der Waals surface area contributed by atoms with Gasteiger partial charge in [0.25, 0.3) is 0 Å². The van der Waals surface area contributed by atoms with Crippen LogP contribution in [0.25, 0.3) is 0 Å². The van der Waals surface area contributed by atoms with Gasteiger partial charge >= 0.3 is 0 Å². The molecule has 0 radical (unpaired) electrons. The second-order valence-electron chi connectivity index (χ2n) is 3.95. The average molecular weight is 263 g/mol. The molecule has 1 saturated heterocycles. The molecule has 6 heteroatoms. The predicted molar refractivity (Wildman–Crippen MR) is 72.4 cm³/mol. The van der Waals surface area contributed by atoms with E-state index >= 15 is 0 Å². The number of thiocarbonyl (C=S) groups is 1. The third kappa shape index (κ3) is 2.65. The van der Waals surface area contributed by atoms with Gasteiger partial charge in [0.1, 0.15) is 0 Å². The molecule has 0 spiro atoms. The summed E-state index contributed by atoms with van der Waals surface area (Å²) in [7, 11) is 0. The van der Waals surface area contributed by atoms with Crippen molar-refractivity contribution in [1.82, 2.24) is 10.2 Å². The number of carbonyl (C=O) groups excluding carboxylic acids is 2. The highest BCUT2D eigenvalue weighted by atomic mass is 32.1. The number of nitrogens with zero attached hydrogens (tertiary/aromatic N) is 1. The quantitative estimate of drug-likeness (QED) is 0.626. The van der Waals surface area contributed by atoms with Crippen molar-refractivity contribution in [2.75, 3.05) is 18.5 Å². The fraction of sp³-hybridized carbons (Fsp3) is 0.250. The van der Waals surface area contributed by atoms with Crippen molar-refractivity contribution in [3.05, 3.63) is 29.8 Å². The van der Waals surface area contributed by atoms with Gasteiger partial charge in [0, 0.05) is 11.3 Å². The minimum absolute atomic E-state index is 0.0293. The number of hydrogen-bond acceptors (Lipinski definition) is 4. The normalized spacial score (nSPS) is 14.6. The Labute approximate surface area is 110 Å². The molecule has 5 nitrogen and oxygen atoms in total. The van der Waals surface area contributed by atoms with Gasteiger partial charge in [-0.2, -0.15) is 0 Å². The summed E-state index contributed by atoms with van der Waals surface area (Å²) in [4.78, 5) is 24.0. The van der Waals surface area contributed by atoms with Crippen molar-refractivity contribution < 1.29 is 9.59 Å². The van der Waals surface area contributed by atoms with Crippen LogP contribution in [0.15, 0.2) is 24.3 Å². The highest BCUT2D eigenvalue weighted by molar-refractivity contribution is 7.80. The van der Waals surface area contributed by atoms with Crippen molar-refractivity contribution in [1.29, 1.82) is 0 Å². The summed E-state index contributed by atoms with van der Waals surface area (Å²) in [6.45, 7) is 2.10. The molecule has 94 valence electrons. The number of Topliss-reactive ketones (excluding diaryl/α,β-unsaturated/α-hetero) is 1. The third-order valence-corrected chi connectivity index (χ3v) is 3.03. The van der Waals surface area contributed by atoms with E-state index in [4.69, 9.17) is 12.2 Å². The third-order valence-electron chi connectivity index (χ3n) is 2.67. The van der Waals surface area contributed by atoms with Crippen LogP contribution < -0.4 is 10.6 Å². The van der Waals surface area contributed by atoms with E-state index in [-0.39, 0.29) is 18.2 Å². The Hall–Kier alpha value is -1.95. The second kappa shape index (κ2) is 5.14. The zero-order valence-electron chi connectivity index (χ0n) is 9.90. The smallest absolute Gasteiger partial charge is 0.249 e. The Bertz CT molecular complexity index is 483. The van der Waals surface area contributed by atoms with Gasteiger partial charge in [0.05, 0.1) is 13.2 Å². The molecule has 1 heterocycles. The Morgan fingerprint density at radius 3 is 2.61 bits per heavy atom. The first kappa shape index (κ1) is 12.5. The lowest BCUT2D eigenvalue weighted by molar-refractivity contribution is -0.124. The number of rotatable bonds is 4. The lowest BCUT2D eigenvalue weighted by Gasteiger charge is -2.16. The van der Waals surface area contributed by atoms with Crippen molar-refractivity contribution in [2.45, 2.75) is 6.92 Å². The summed E-state index contributed by atoms with van der Waals surface area (Å²) in [5.74, 6) is -0.0190. The molecule has 0 aliphatic carbocycles. The average Bonchev–Trinajstić information content (AvgIpc) is 2.67. The first-order valence-electron chi connectivity index (χ1n) is 5.51. The van der Waals surface area contributed by atoms with Gasteiger partial charge in [-0.25, -0.2) is 0 Å².